The van der Waals surface area contributed by atoms with E-state index in [1.807, 2.05) is 13.1 Å². The van der Waals surface area contributed by atoms with Crippen LogP contribution in [0.2, 0.25) is 0 Å². The summed E-state index contributed by atoms with van der Waals surface area (Å²) in [4.78, 5) is 35.7. The third-order valence-electron chi connectivity index (χ3n) is 5.05. The molecule has 3 heterocycles. The molecular formula is C18H27N5O2. The van der Waals surface area contributed by atoms with Crippen LogP contribution in [0.4, 0.5) is 5.82 Å². The maximum absolute atomic E-state index is 13.0. The molecule has 1 aromatic heterocycles. The predicted octanol–water partition coefficient (Wildman–Crippen LogP) is 0.432. The van der Waals surface area contributed by atoms with E-state index < -0.39 is 0 Å². The lowest BCUT2D eigenvalue weighted by atomic mass is 10.1. The number of nitrogens with zero attached hydrogens (tertiary/aromatic N) is 4. The number of carbonyl (C=O) groups excluding carboxylic acids is 2. The molecule has 136 valence electrons. The number of aromatic nitrogens is 1. The monoisotopic (exact) mass is 345 g/mol. The van der Waals surface area contributed by atoms with Crippen LogP contribution in [-0.2, 0) is 4.79 Å². The molecule has 25 heavy (non-hydrogen) atoms. The number of hydrogen-bond acceptors (Lipinski definition) is 5. The number of likely N-dealkylation sites (N-methyl/N-ethyl adjacent to an activating group) is 1. The van der Waals surface area contributed by atoms with E-state index in [4.69, 9.17) is 0 Å². The third kappa shape index (κ3) is 4.10. The molecular weight excluding hydrogens is 318 g/mol. The second-order valence-electron chi connectivity index (χ2n) is 6.92. The minimum Gasteiger partial charge on any atom is -0.359 e. The molecule has 0 radical (unpaired) electrons. The second-order valence-corrected chi connectivity index (χ2v) is 6.92. The summed E-state index contributed by atoms with van der Waals surface area (Å²) in [6.07, 6.45) is 4.05. The zero-order valence-corrected chi connectivity index (χ0v) is 15.1. The maximum Gasteiger partial charge on any atom is 0.254 e. The van der Waals surface area contributed by atoms with Gasteiger partial charge in [0, 0.05) is 58.1 Å². The fourth-order valence-corrected chi connectivity index (χ4v) is 3.58. The first-order valence-corrected chi connectivity index (χ1v) is 8.99. The first-order chi connectivity index (χ1) is 12.1. The third-order valence-corrected chi connectivity index (χ3v) is 5.05. The van der Waals surface area contributed by atoms with Crippen molar-refractivity contribution in [3.8, 4) is 0 Å². The van der Waals surface area contributed by atoms with Gasteiger partial charge < -0.3 is 20.0 Å². The van der Waals surface area contributed by atoms with Gasteiger partial charge in [-0.05, 0) is 32.0 Å². The SMILES string of the molecule is CNC(=O)[C@@H]1CN(C)CCN(C(=O)c2ccnc(N3CCCC3)c2)C1. The van der Waals surface area contributed by atoms with Crippen molar-refractivity contribution in [1.29, 1.82) is 0 Å². The Hall–Kier alpha value is -2.15. The highest BCUT2D eigenvalue weighted by Crippen LogP contribution is 2.20. The molecule has 0 aliphatic carbocycles. The van der Waals surface area contributed by atoms with Crippen LogP contribution < -0.4 is 10.2 Å². The summed E-state index contributed by atoms with van der Waals surface area (Å²) in [6, 6.07) is 3.66. The van der Waals surface area contributed by atoms with Crippen LogP contribution in [0.3, 0.4) is 0 Å². The van der Waals surface area contributed by atoms with E-state index in [1.165, 1.54) is 12.8 Å². The van der Waals surface area contributed by atoms with E-state index in [9.17, 15) is 9.59 Å². The fraction of sp³-hybridized carbons (Fsp3) is 0.611. The number of pyridine rings is 1. The van der Waals surface area contributed by atoms with Gasteiger partial charge >= 0.3 is 0 Å². The summed E-state index contributed by atoms with van der Waals surface area (Å²) in [6.45, 7) is 4.51. The average molecular weight is 345 g/mol. The number of rotatable bonds is 3. The van der Waals surface area contributed by atoms with Crippen LogP contribution in [0, 0.1) is 5.92 Å². The largest absolute Gasteiger partial charge is 0.359 e. The minimum absolute atomic E-state index is 0.0148. The molecule has 1 N–H and O–H groups in total. The second kappa shape index (κ2) is 7.82. The van der Waals surface area contributed by atoms with Gasteiger partial charge in [0.25, 0.3) is 5.91 Å². The van der Waals surface area contributed by atoms with Gasteiger partial charge in [-0.25, -0.2) is 4.98 Å². The smallest absolute Gasteiger partial charge is 0.254 e. The van der Waals surface area contributed by atoms with Gasteiger partial charge in [0.1, 0.15) is 5.82 Å². The molecule has 0 spiro atoms. The Kier molecular flexibility index (Phi) is 5.53. The molecule has 1 atom stereocenters. The van der Waals surface area contributed by atoms with Crippen LogP contribution in [0.25, 0.3) is 0 Å². The highest BCUT2D eigenvalue weighted by Gasteiger charge is 2.29. The van der Waals surface area contributed by atoms with Gasteiger partial charge in [0.05, 0.1) is 5.92 Å². The molecule has 7 nitrogen and oxygen atoms in total. The van der Waals surface area contributed by atoms with E-state index >= 15 is 0 Å². The van der Waals surface area contributed by atoms with Crippen LogP contribution in [0.1, 0.15) is 23.2 Å². The Morgan fingerprint density at radius 2 is 1.92 bits per heavy atom. The van der Waals surface area contributed by atoms with Crippen LogP contribution >= 0.6 is 0 Å². The molecule has 2 aliphatic heterocycles. The fourth-order valence-electron chi connectivity index (χ4n) is 3.58. The first kappa shape index (κ1) is 17.7. The van der Waals surface area contributed by atoms with Crippen molar-refractivity contribution in [2.75, 3.05) is 58.3 Å². The predicted molar refractivity (Wildman–Crippen MR) is 96.6 cm³/mol. The van der Waals surface area contributed by atoms with Crippen molar-refractivity contribution >= 4 is 17.6 Å². The highest BCUT2D eigenvalue weighted by molar-refractivity contribution is 5.95. The zero-order chi connectivity index (χ0) is 17.8. The van der Waals surface area contributed by atoms with Crippen molar-refractivity contribution in [3.63, 3.8) is 0 Å². The molecule has 2 fully saturated rings. The lowest BCUT2D eigenvalue weighted by Crippen LogP contribution is -2.41. The topological polar surface area (TPSA) is 68.8 Å². The van der Waals surface area contributed by atoms with E-state index in [0.717, 1.165) is 25.5 Å². The van der Waals surface area contributed by atoms with Crippen LogP contribution in [0.5, 0.6) is 0 Å². The first-order valence-electron chi connectivity index (χ1n) is 8.99. The number of nitrogens with one attached hydrogen (secondary N) is 1. The zero-order valence-electron chi connectivity index (χ0n) is 15.1. The molecule has 0 unspecified atom stereocenters. The summed E-state index contributed by atoms with van der Waals surface area (Å²) < 4.78 is 0. The van der Waals surface area contributed by atoms with Crippen LogP contribution in [0.15, 0.2) is 18.3 Å². The molecule has 2 saturated heterocycles. The van der Waals surface area contributed by atoms with Gasteiger partial charge in [-0.3, -0.25) is 9.59 Å². The van der Waals surface area contributed by atoms with Crippen molar-refractivity contribution in [3.05, 3.63) is 23.9 Å². The van der Waals surface area contributed by atoms with E-state index in [1.54, 1.807) is 24.2 Å². The number of amides is 2. The maximum atomic E-state index is 13.0. The summed E-state index contributed by atoms with van der Waals surface area (Å²) in [5, 5.41) is 2.71. The van der Waals surface area contributed by atoms with Gasteiger partial charge in [-0.1, -0.05) is 0 Å². The number of hydrogen-bond donors (Lipinski definition) is 1. The minimum atomic E-state index is -0.207. The van der Waals surface area contributed by atoms with E-state index in [0.29, 0.717) is 25.2 Å². The van der Waals surface area contributed by atoms with Gasteiger partial charge in [-0.15, -0.1) is 0 Å². The molecule has 0 aromatic carbocycles. The molecule has 2 aliphatic rings. The molecule has 0 saturated carbocycles. The molecule has 7 heteroatoms. The molecule has 0 bridgehead atoms. The summed E-state index contributed by atoms with van der Waals surface area (Å²) in [5.41, 5.74) is 0.650. The Morgan fingerprint density at radius 3 is 2.64 bits per heavy atom. The number of carbonyl (C=O) groups is 2. The van der Waals surface area contributed by atoms with Crippen molar-refractivity contribution < 1.29 is 9.59 Å². The quantitative estimate of drug-likeness (QED) is 0.861. The molecule has 2 amide bonds. The van der Waals surface area contributed by atoms with Gasteiger partial charge in [0.15, 0.2) is 0 Å². The van der Waals surface area contributed by atoms with Crippen molar-refractivity contribution in [2.45, 2.75) is 12.8 Å². The number of anilines is 1. The van der Waals surface area contributed by atoms with Gasteiger partial charge in [-0.2, -0.15) is 0 Å². The lowest BCUT2D eigenvalue weighted by molar-refractivity contribution is -0.125. The van der Waals surface area contributed by atoms with Crippen LogP contribution in [-0.4, -0.2) is 80.0 Å². The Balaban J connectivity index is 1.76. The van der Waals surface area contributed by atoms with E-state index in [-0.39, 0.29) is 17.7 Å². The Morgan fingerprint density at radius 1 is 1.16 bits per heavy atom. The van der Waals surface area contributed by atoms with Gasteiger partial charge in [0.2, 0.25) is 5.91 Å². The standard InChI is InChI=1S/C18H27N5O2/c1-19-17(24)15-12-21(2)9-10-23(13-15)18(25)14-5-6-20-16(11-14)22-7-3-4-8-22/h5-6,11,15H,3-4,7-10,12-13H2,1-2H3,(H,19,24)/t15-/m1/s1. The normalized spacial score (nSPS) is 21.9. The highest BCUT2D eigenvalue weighted by atomic mass is 16.2. The summed E-state index contributed by atoms with van der Waals surface area (Å²) in [7, 11) is 3.63. The van der Waals surface area contributed by atoms with Crippen molar-refractivity contribution in [2.24, 2.45) is 5.92 Å². The molecule has 1 aromatic rings. The summed E-state index contributed by atoms with van der Waals surface area (Å²) in [5.74, 6) is 0.630. The van der Waals surface area contributed by atoms with E-state index in [2.05, 4.69) is 20.1 Å². The van der Waals surface area contributed by atoms with Crippen molar-refractivity contribution in [1.82, 2.24) is 20.1 Å². The molecule has 3 rings (SSSR count). The average Bonchev–Trinajstić information content (AvgIpc) is 3.10. The summed E-state index contributed by atoms with van der Waals surface area (Å²) >= 11 is 0. The lowest BCUT2D eigenvalue weighted by Gasteiger charge is -2.24. The Bertz CT molecular complexity index is 630. The Labute approximate surface area is 149 Å².